The lowest BCUT2D eigenvalue weighted by Crippen LogP contribution is -2.46. The van der Waals surface area contributed by atoms with Crippen molar-refractivity contribution < 1.29 is 4.74 Å². The molecule has 100 valence electrons. The third-order valence-electron chi connectivity index (χ3n) is 3.05. The normalized spacial score (nSPS) is 24.3. The Hall–Kier alpha value is -1.20. The summed E-state index contributed by atoms with van der Waals surface area (Å²) in [5.74, 6) is 1.86. The Balaban J connectivity index is 2.27. The van der Waals surface area contributed by atoms with Gasteiger partial charge in [-0.15, -0.1) is 0 Å². The van der Waals surface area contributed by atoms with Crippen LogP contribution in [0.2, 0.25) is 0 Å². The molecule has 1 fully saturated rings. The zero-order valence-electron chi connectivity index (χ0n) is 11.6. The first-order valence-electron chi connectivity index (χ1n) is 6.47. The number of hydrogen-bond donors (Lipinski definition) is 1. The third-order valence-corrected chi connectivity index (χ3v) is 3.05. The van der Waals surface area contributed by atoms with Crippen LogP contribution in [0.25, 0.3) is 0 Å². The van der Waals surface area contributed by atoms with Crippen LogP contribution in [0.3, 0.4) is 0 Å². The van der Waals surface area contributed by atoms with Crippen molar-refractivity contribution in [2.45, 2.75) is 39.5 Å². The number of rotatable bonds is 3. The second-order valence-corrected chi connectivity index (χ2v) is 4.96. The molecule has 0 aliphatic carbocycles. The van der Waals surface area contributed by atoms with Crippen molar-refractivity contribution in [2.75, 3.05) is 25.0 Å². The number of ether oxygens (including phenoxy) is 1. The van der Waals surface area contributed by atoms with Crippen molar-refractivity contribution in [1.29, 1.82) is 0 Å². The molecule has 5 heteroatoms. The Labute approximate surface area is 109 Å². The summed E-state index contributed by atoms with van der Waals surface area (Å²) in [6, 6.07) is 0. The fourth-order valence-electron chi connectivity index (χ4n) is 2.42. The zero-order valence-corrected chi connectivity index (χ0v) is 11.6. The van der Waals surface area contributed by atoms with Crippen molar-refractivity contribution in [3.05, 3.63) is 17.6 Å². The molecule has 1 N–H and O–H groups in total. The van der Waals surface area contributed by atoms with Gasteiger partial charge in [-0.2, -0.15) is 0 Å². The van der Waals surface area contributed by atoms with Crippen LogP contribution in [0.5, 0.6) is 0 Å². The Bertz CT molecular complexity index is 400. The molecular weight excluding hydrogens is 228 g/mol. The predicted molar refractivity (Wildman–Crippen MR) is 71.8 cm³/mol. The monoisotopic (exact) mass is 250 g/mol. The van der Waals surface area contributed by atoms with E-state index in [0.717, 1.165) is 36.8 Å². The van der Waals surface area contributed by atoms with Crippen LogP contribution < -0.4 is 10.2 Å². The molecule has 2 rings (SSSR count). The van der Waals surface area contributed by atoms with Gasteiger partial charge in [0.15, 0.2) is 0 Å². The SMILES string of the molecule is CNCc1cnc(C)nc1N1CC(C)OC(C)C1. The maximum absolute atomic E-state index is 5.77. The number of anilines is 1. The summed E-state index contributed by atoms with van der Waals surface area (Å²) in [4.78, 5) is 11.2. The highest BCUT2D eigenvalue weighted by molar-refractivity contribution is 5.46. The molecule has 0 saturated carbocycles. The average Bonchev–Trinajstić information content (AvgIpc) is 2.30. The molecule has 18 heavy (non-hydrogen) atoms. The Morgan fingerprint density at radius 1 is 1.39 bits per heavy atom. The van der Waals surface area contributed by atoms with Crippen LogP contribution >= 0.6 is 0 Å². The summed E-state index contributed by atoms with van der Waals surface area (Å²) in [6.07, 6.45) is 2.40. The first kappa shape index (κ1) is 13.2. The summed E-state index contributed by atoms with van der Waals surface area (Å²) >= 11 is 0. The first-order valence-corrected chi connectivity index (χ1v) is 6.47. The van der Waals surface area contributed by atoms with Gasteiger partial charge in [0.25, 0.3) is 0 Å². The van der Waals surface area contributed by atoms with E-state index in [1.54, 1.807) is 0 Å². The van der Waals surface area contributed by atoms with Crippen molar-refractivity contribution in [2.24, 2.45) is 0 Å². The molecule has 1 aliphatic heterocycles. The third kappa shape index (κ3) is 2.97. The van der Waals surface area contributed by atoms with Crippen molar-refractivity contribution in [3.63, 3.8) is 0 Å². The predicted octanol–water partition coefficient (Wildman–Crippen LogP) is 1.12. The van der Waals surface area contributed by atoms with Gasteiger partial charge in [0, 0.05) is 31.4 Å². The Kier molecular flexibility index (Phi) is 4.14. The van der Waals surface area contributed by atoms with Gasteiger partial charge in [0.2, 0.25) is 0 Å². The van der Waals surface area contributed by atoms with Gasteiger partial charge in [0.1, 0.15) is 11.6 Å². The highest BCUT2D eigenvalue weighted by Crippen LogP contribution is 2.22. The Morgan fingerprint density at radius 3 is 2.67 bits per heavy atom. The first-order chi connectivity index (χ1) is 8.60. The fraction of sp³-hybridized carbons (Fsp3) is 0.692. The van der Waals surface area contributed by atoms with Crippen LogP contribution in [0.15, 0.2) is 6.20 Å². The standard InChI is InChI=1S/C13H22N4O/c1-9-7-17(8-10(2)18-9)13-12(5-14-4)6-15-11(3)16-13/h6,9-10,14H,5,7-8H2,1-4H3. The summed E-state index contributed by atoms with van der Waals surface area (Å²) < 4.78 is 5.77. The van der Waals surface area contributed by atoms with Crippen LogP contribution in [-0.2, 0) is 11.3 Å². The molecule has 5 nitrogen and oxygen atoms in total. The van der Waals surface area contributed by atoms with Gasteiger partial charge < -0.3 is 15.0 Å². The summed E-state index contributed by atoms with van der Waals surface area (Å²) in [7, 11) is 1.94. The molecule has 0 spiro atoms. The summed E-state index contributed by atoms with van der Waals surface area (Å²) in [5.41, 5.74) is 1.14. The van der Waals surface area contributed by atoms with Gasteiger partial charge >= 0.3 is 0 Å². The van der Waals surface area contributed by atoms with E-state index >= 15 is 0 Å². The van der Waals surface area contributed by atoms with Crippen LogP contribution in [0.4, 0.5) is 5.82 Å². The number of nitrogens with zero attached hydrogens (tertiary/aromatic N) is 3. The number of nitrogens with one attached hydrogen (secondary N) is 1. The second-order valence-electron chi connectivity index (χ2n) is 4.96. The lowest BCUT2D eigenvalue weighted by Gasteiger charge is -2.37. The number of aryl methyl sites for hydroxylation is 1. The highest BCUT2D eigenvalue weighted by Gasteiger charge is 2.24. The highest BCUT2D eigenvalue weighted by atomic mass is 16.5. The molecule has 2 heterocycles. The van der Waals surface area contributed by atoms with Crippen molar-refractivity contribution >= 4 is 5.82 Å². The lowest BCUT2D eigenvalue weighted by atomic mass is 10.2. The van der Waals surface area contributed by atoms with Crippen molar-refractivity contribution in [3.8, 4) is 0 Å². The minimum atomic E-state index is 0.242. The van der Waals surface area contributed by atoms with E-state index in [1.165, 1.54) is 0 Å². The maximum atomic E-state index is 5.77. The van der Waals surface area contributed by atoms with E-state index < -0.39 is 0 Å². The van der Waals surface area contributed by atoms with Gasteiger partial charge in [0.05, 0.1) is 12.2 Å². The van der Waals surface area contributed by atoms with Gasteiger partial charge in [-0.25, -0.2) is 9.97 Å². The molecule has 1 aliphatic rings. The molecule has 1 aromatic heterocycles. The van der Waals surface area contributed by atoms with Crippen LogP contribution in [-0.4, -0.2) is 42.3 Å². The average molecular weight is 250 g/mol. The van der Waals surface area contributed by atoms with Crippen LogP contribution in [0.1, 0.15) is 25.2 Å². The van der Waals surface area contributed by atoms with E-state index in [9.17, 15) is 0 Å². The molecule has 1 aromatic rings. The second kappa shape index (κ2) is 5.63. The minimum absolute atomic E-state index is 0.242. The lowest BCUT2D eigenvalue weighted by molar-refractivity contribution is -0.00552. The molecule has 2 atom stereocenters. The van der Waals surface area contributed by atoms with E-state index in [0.29, 0.717) is 0 Å². The maximum Gasteiger partial charge on any atom is 0.136 e. The molecular formula is C13H22N4O. The number of aromatic nitrogens is 2. The van der Waals surface area contributed by atoms with Crippen molar-refractivity contribution in [1.82, 2.24) is 15.3 Å². The van der Waals surface area contributed by atoms with Gasteiger partial charge in [-0.1, -0.05) is 0 Å². The molecule has 0 bridgehead atoms. The molecule has 0 aromatic carbocycles. The molecule has 1 saturated heterocycles. The smallest absolute Gasteiger partial charge is 0.136 e. The summed E-state index contributed by atoms with van der Waals surface area (Å²) in [5, 5.41) is 3.17. The van der Waals surface area contributed by atoms with E-state index in [1.807, 2.05) is 20.2 Å². The van der Waals surface area contributed by atoms with Crippen LogP contribution in [0, 0.1) is 6.92 Å². The fourth-order valence-corrected chi connectivity index (χ4v) is 2.42. The largest absolute Gasteiger partial charge is 0.372 e. The zero-order chi connectivity index (χ0) is 13.1. The summed E-state index contributed by atoms with van der Waals surface area (Å²) in [6.45, 7) is 8.70. The number of morpholine rings is 1. The van der Waals surface area contributed by atoms with E-state index in [2.05, 4.69) is 34.0 Å². The quantitative estimate of drug-likeness (QED) is 0.871. The number of hydrogen-bond acceptors (Lipinski definition) is 5. The van der Waals surface area contributed by atoms with Gasteiger partial charge in [-0.3, -0.25) is 0 Å². The molecule has 0 amide bonds. The minimum Gasteiger partial charge on any atom is -0.372 e. The Morgan fingerprint density at radius 2 is 2.06 bits per heavy atom. The van der Waals surface area contributed by atoms with E-state index in [4.69, 9.17) is 4.74 Å². The topological polar surface area (TPSA) is 50.3 Å². The molecule has 0 radical (unpaired) electrons. The van der Waals surface area contributed by atoms with Gasteiger partial charge in [-0.05, 0) is 27.8 Å². The van der Waals surface area contributed by atoms with E-state index in [-0.39, 0.29) is 12.2 Å². The molecule has 2 unspecified atom stereocenters.